The maximum absolute atomic E-state index is 12.9. The molecule has 4 rings (SSSR count). The van der Waals surface area contributed by atoms with E-state index in [-0.39, 0.29) is 16.7 Å². The Bertz CT molecular complexity index is 1020. The predicted molar refractivity (Wildman–Crippen MR) is 117 cm³/mol. The van der Waals surface area contributed by atoms with Gasteiger partial charge in [0, 0.05) is 28.8 Å². The topological polar surface area (TPSA) is 78.5 Å². The van der Waals surface area contributed by atoms with Crippen LogP contribution in [0.3, 0.4) is 0 Å². The molecular formula is C21H25N3O3S2. The van der Waals surface area contributed by atoms with Crippen LogP contribution in [0.1, 0.15) is 25.3 Å². The third kappa shape index (κ3) is 4.76. The molecule has 1 saturated heterocycles. The smallest absolute Gasteiger partial charge is 0.261 e. The molecule has 2 aliphatic heterocycles. The Morgan fingerprint density at radius 3 is 2.76 bits per heavy atom. The number of hydrogen-bond acceptors (Lipinski definition) is 5. The number of thioether (sulfide) groups is 1. The average Bonchev–Trinajstić information content (AvgIpc) is 3.14. The van der Waals surface area contributed by atoms with E-state index >= 15 is 0 Å². The fraction of sp³-hybridized carbons (Fsp3) is 0.381. The second-order valence-electron chi connectivity index (χ2n) is 7.65. The molecule has 2 aromatic rings. The van der Waals surface area contributed by atoms with Crippen molar-refractivity contribution >= 4 is 39.1 Å². The quantitative estimate of drug-likeness (QED) is 0.754. The number of likely N-dealkylation sites (tertiary alicyclic amines) is 1. The number of carbonyl (C=O) groups excluding carboxylic acids is 1. The van der Waals surface area contributed by atoms with Gasteiger partial charge in [-0.25, -0.2) is 8.42 Å². The Kier molecular flexibility index (Phi) is 5.85. The van der Waals surface area contributed by atoms with Gasteiger partial charge in [-0.05, 0) is 61.8 Å². The van der Waals surface area contributed by atoms with Crippen LogP contribution in [0.25, 0.3) is 0 Å². The monoisotopic (exact) mass is 431 g/mol. The minimum absolute atomic E-state index is 0.0895. The third-order valence-corrected chi connectivity index (χ3v) is 7.95. The molecule has 2 heterocycles. The summed E-state index contributed by atoms with van der Waals surface area (Å²) in [5, 5.41) is 2.84. The molecule has 0 aromatic heterocycles. The van der Waals surface area contributed by atoms with Gasteiger partial charge in [0.15, 0.2) is 0 Å². The number of nitrogens with zero attached hydrogens (tertiary/aromatic N) is 1. The first-order chi connectivity index (χ1) is 13.9. The van der Waals surface area contributed by atoms with Crippen molar-refractivity contribution in [2.45, 2.75) is 36.1 Å². The van der Waals surface area contributed by atoms with Crippen molar-refractivity contribution < 1.29 is 13.2 Å². The standard InChI is InChI=1S/C21H25N3O3S2/c1-15-14-28-20-8-7-18(12-19(20)22-21(15)25)29(26,27)23-17-6-4-5-16(11-17)13-24-9-2-3-10-24/h4-8,11-12,15,23H,2-3,9-10,13-14H2,1H3,(H,22,25)/t15-/m1/s1. The van der Waals surface area contributed by atoms with Crippen LogP contribution in [-0.4, -0.2) is 38.1 Å². The van der Waals surface area contributed by atoms with E-state index in [9.17, 15) is 13.2 Å². The van der Waals surface area contributed by atoms with Crippen LogP contribution < -0.4 is 10.0 Å². The Balaban J connectivity index is 1.53. The van der Waals surface area contributed by atoms with Crippen LogP contribution in [0.2, 0.25) is 0 Å². The van der Waals surface area contributed by atoms with Gasteiger partial charge in [-0.2, -0.15) is 0 Å². The summed E-state index contributed by atoms with van der Waals surface area (Å²) in [4.78, 5) is 15.5. The highest BCUT2D eigenvalue weighted by atomic mass is 32.2. The summed E-state index contributed by atoms with van der Waals surface area (Å²) in [5.74, 6) is 0.463. The zero-order chi connectivity index (χ0) is 20.4. The molecule has 0 unspecified atom stereocenters. The van der Waals surface area contributed by atoms with Gasteiger partial charge < -0.3 is 5.32 Å². The second-order valence-corrected chi connectivity index (χ2v) is 10.4. The van der Waals surface area contributed by atoms with Gasteiger partial charge in [0.05, 0.1) is 10.6 Å². The van der Waals surface area contributed by atoms with Crippen molar-refractivity contribution in [3.63, 3.8) is 0 Å². The minimum Gasteiger partial charge on any atom is -0.325 e. The summed E-state index contributed by atoms with van der Waals surface area (Å²) < 4.78 is 28.5. The second kappa shape index (κ2) is 8.38. The lowest BCUT2D eigenvalue weighted by molar-refractivity contribution is -0.118. The fourth-order valence-electron chi connectivity index (χ4n) is 3.59. The molecule has 2 aromatic carbocycles. The maximum Gasteiger partial charge on any atom is 0.261 e. The predicted octanol–water partition coefficient (Wildman–Crippen LogP) is 3.76. The van der Waals surface area contributed by atoms with Gasteiger partial charge in [0.1, 0.15) is 0 Å². The van der Waals surface area contributed by atoms with Gasteiger partial charge >= 0.3 is 0 Å². The summed E-state index contributed by atoms with van der Waals surface area (Å²) >= 11 is 1.56. The van der Waals surface area contributed by atoms with Gasteiger partial charge in [-0.3, -0.25) is 14.4 Å². The number of anilines is 2. The summed E-state index contributed by atoms with van der Waals surface area (Å²) in [6.07, 6.45) is 2.44. The third-order valence-electron chi connectivity index (χ3n) is 5.24. The van der Waals surface area contributed by atoms with Crippen molar-refractivity contribution in [1.82, 2.24) is 4.90 Å². The highest BCUT2D eigenvalue weighted by Gasteiger charge is 2.23. The molecule has 2 aliphatic rings. The lowest BCUT2D eigenvalue weighted by atomic mass is 10.2. The zero-order valence-corrected chi connectivity index (χ0v) is 18.0. The Morgan fingerprint density at radius 2 is 1.97 bits per heavy atom. The molecule has 1 amide bonds. The van der Waals surface area contributed by atoms with Crippen molar-refractivity contribution in [2.24, 2.45) is 5.92 Å². The van der Waals surface area contributed by atoms with E-state index < -0.39 is 10.0 Å². The number of carbonyl (C=O) groups is 1. The number of sulfonamides is 1. The van der Waals surface area contributed by atoms with Gasteiger partial charge in [0.25, 0.3) is 10.0 Å². The largest absolute Gasteiger partial charge is 0.325 e. The van der Waals surface area contributed by atoms with E-state index in [4.69, 9.17) is 0 Å². The van der Waals surface area contributed by atoms with Crippen LogP contribution in [0.5, 0.6) is 0 Å². The van der Waals surface area contributed by atoms with E-state index in [2.05, 4.69) is 14.9 Å². The highest BCUT2D eigenvalue weighted by molar-refractivity contribution is 7.99. The molecule has 8 heteroatoms. The number of fused-ring (bicyclic) bond motifs is 1. The van der Waals surface area contributed by atoms with Gasteiger partial charge in [-0.15, -0.1) is 11.8 Å². The Hall–Kier alpha value is -2.03. The Morgan fingerprint density at radius 1 is 1.17 bits per heavy atom. The molecule has 154 valence electrons. The molecule has 0 radical (unpaired) electrons. The summed E-state index contributed by atoms with van der Waals surface area (Å²) in [6.45, 7) is 4.87. The lowest BCUT2D eigenvalue weighted by Gasteiger charge is -2.16. The molecule has 2 N–H and O–H groups in total. The SMILES string of the molecule is C[C@@H]1CSc2ccc(S(=O)(=O)Nc3cccc(CN4CCCC4)c3)cc2NC1=O. The minimum atomic E-state index is -3.76. The van der Waals surface area contributed by atoms with Crippen LogP contribution in [0, 0.1) is 5.92 Å². The first-order valence-electron chi connectivity index (χ1n) is 9.82. The number of nitrogens with one attached hydrogen (secondary N) is 2. The van der Waals surface area contributed by atoms with E-state index in [1.165, 1.54) is 18.9 Å². The van der Waals surface area contributed by atoms with E-state index in [1.807, 2.05) is 25.1 Å². The van der Waals surface area contributed by atoms with Crippen LogP contribution >= 0.6 is 11.8 Å². The van der Waals surface area contributed by atoms with Crippen molar-refractivity contribution in [1.29, 1.82) is 0 Å². The van der Waals surface area contributed by atoms with E-state index in [0.717, 1.165) is 30.1 Å². The average molecular weight is 432 g/mol. The van der Waals surface area contributed by atoms with Crippen LogP contribution in [0.15, 0.2) is 52.3 Å². The molecule has 1 fully saturated rings. The van der Waals surface area contributed by atoms with E-state index in [1.54, 1.807) is 30.0 Å². The molecule has 0 spiro atoms. The van der Waals surface area contributed by atoms with Crippen LogP contribution in [-0.2, 0) is 21.4 Å². The van der Waals surface area contributed by atoms with Crippen molar-refractivity contribution in [2.75, 3.05) is 28.9 Å². The Labute approximate surface area is 176 Å². The fourth-order valence-corrected chi connectivity index (χ4v) is 5.68. The first kappa shape index (κ1) is 20.3. The molecule has 6 nitrogen and oxygen atoms in total. The normalized spacial score (nSPS) is 20.0. The molecule has 0 bridgehead atoms. The van der Waals surface area contributed by atoms with Crippen molar-refractivity contribution in [3.8, 4) is 0 Å². The molecular weight excluding hydrogens is 406 g/mol. The zero-order valence-electron chi connectivity index (χ0n) is 16.3. The molecule has 0 saturated carbocycles. The molecule has 0 aliphatic carbocycles. The van der Waals surface area contributed by atoms with Crippen LogP contribution in [0.4, 0.5) is 11.4 Å². The summed E-state index contributed by atoms with van der Waals surface area (Å²) in [7, 11) is -3.76. The summed E-state index contributed by atoms with van der Waals surface area (Å²) in [5.41, 5.74) is 2.19. The molecule has 1 atom stereocenters. The molecule has 29 heavy (non-hydrogen) atoms. The highest BCUT2D eigenvalue weighted by Crippen LogP contribution is 2.34. The number of rotatable bonds is 5. The van der Waals surface area contributed by atoms with E-state index in [0.29, 0.717) is 17.1 Å². The van der Waals surface area contributed by atoms with Crippen molar-refractivity contribution in [3.05, 3.63) is 48.0 Å². The van der Waals surface area contributed by atoms with Gasteiger partial charge in [0.2, 0.25) is 5.91 Å². The maximum atomic E-state index is 12.9. The number of benzene rings is 2. The number of amides is 1. The summed E-state index contributed by atoms with van der Waals surface area (Å²) in [6, 6.07) is 12.4. The number of hydrogen-bond donors (Lipinski definition) is 2. The van der Waals surface area contributed by atoms with Gasteiger partial charge in [-0.1, -0.05) is 19.1 Å². The lowest BCUT2D eigenvalue weighted by Crippen LogP contribution is -2.20. The first-order valence-corrected chi connectivity index (χ1v) is 12.3.